The fourth-order valence-corrected chi connectivity index (χ4v) is 3.79. The van der Waals surface area contributed by atoms with Crippen LogP contribution >= 0.6 is 22.9 Å². The van der Waals surface area contributed by atoms with Crippen molar-refractivity contribution in [2.75, 3.05) is 16.4 Å². The molecule has 0 aliphatic heterocycles. The molecule has 30 heavy (non-hydrogen) atoms. The summed E-state index contributed by atoms with van der Waals surface area (Å²) in [4.78, 5) is 16.4. The van der Waals surface area contributed by atoms with Crippen molar-refractivity contribution in [1.82, 2.24) is 19.9 Å². The quantitative estimate of drug-likeness (QED) is 0.375. The van der Waals surface area contributed by atoms with E-state index in [1.807, 2.05) is 25.1 Å². The van der Waals surface area contributed by atoms with E-state index in [2.05, 4.69) is 30.6 Å². The number of nitrogen functional groups attached to an aromatic ring is 1. The van der Waals surface area contributed by atoms with Crippen LogP contribution in [0.3, 0.4) is 0 Å². The van der Waals surface area contributed by atoms with Crippen molar-refractivity contribution in [2.24, 2.45) is 0 Å². The van der Waals surface area contributed by atoms with Crippen LogP contribution in [0.15, 0.2) is 36.8 Å². The molecule has 154 valence electrons. The fourth-order valence-electron chi connectivity index (χ4n) is 2.63. The highest BCUT2D eigenvalue weighted by Gasteiger charge is 2.31. The largest absolute Gasteiger partial charge is 0.417 e. The monoisotopic (exact) mass is 451 g/mol. The van der Waals surface area contributed by atoms with Crippen LogP contribution < -0.4 is 16.4 Å². The molecule has 4 rings (SSSR count). The minimum atomic E-state index is -4.55. The molecule has 0 amide bonds. The molecule has 0 aliphatic carbocycles. The highest BCUT2D eigenvalue weighted by atomic mass is 35.5. The number of anilines is 5. The summed E-state index contributed by atoms with van der Waals surface area (Å²) >= 11 is 7.37. The smallest absolute Gasteiger partial charge is 0.393 e. The van der Waals surface area contributed by atoms with Crippen molar-refractivity contribution in [3.05, 3.63) is 52.9 Å². The molecule has 0 bridgehead atoms. The third-order valence-electron chi connectivity index (χ3n) is 4.14. The molecule has 0 aliphatic rings. The number of alkyl halides is 3. The average Bonchev–Trinajstić information content (AvgIpc) is 3.09. The Bertz CT molecular complexity index is 1240. The first-order valence-electron chi connectivity index (χ1n) is 8.46. The van der Waals surface area contributed by atoms with Crippen molar-refractivity contribution >= 4 is 61.4 Å². The summed E-state index contributed by atoms with van der Waals surface area (Å²) in [5.74, 6) is 0.405. The van der Waals surface area contributed by atoms with Crippen molar-refractivity contribution in [1.29, 1.82) is 0 Å². The third kappa shape index (κ3) is 3.94. The number of hydrogen-bond donors (Lipinski definition) is 3. The number of rotatable bonds is 4. The Morgan fingerprint density at radius 3 is 2.47 bits per heavy atom. The Morgan fingerprint density at radius 2 is 1.80 bits per heavy atom. The van der Waals surface area contributed by atoms with Gasteiger partial charge in [0, 0.05) is 6.20 Å². The normalized spacial score (nSPS) is 11.6. The number of fused-ring (bicyclic) bond motifs is 1. The molecule has 0 fully saturated rings. The van der Waals surface area contributed by atoms with Gasteiger partial charge in [-0.15, -0.1) is 0 Å². The van der Waals surface area contributed by atoms with Gasteiger partial charge >= 0.3 is 6.18 Å². The van der Waals surface area contributed by atoms with Gasteiger partial charge in [0.2, 0.25) is 0 Å². The van der Waals surface area contributed by atoms with Crippen molar-refractivity contribution in [3.8, 4) is 0 Å². The van der Waals surface area contributed by atoms with Crippen LogP contribution in [0.1, 0.15) is 11.1 Å². The maximum Gasteiger partial charge on any atom is 0.417 e. The predicted molar refractivity (Wildman–Crippen MR) is 112 cm³/mol. The summed E-state index contributed by atoms with van der Waals surface area (Å²) in [5, 5.41) is 6.15. The van der Waals surface area contributed by atoms with Crippen molar-refractivity contribution < 1.29 is 13.2 Å². The molecule has 0 unspecified atom stereocenters. The molecule has 4 N–H and O–H groups in total. The van der Waals surface area contributed by atoms with E-state index in [1.54, 1.807) is 0 Å². The van der Waals surface area contributed by atoms with Gasteiger partial charge in [0.25, 0.3) is 0 Å². The molecule has 1 aromatic carbocycles. The minimum absolute atomic E-state index is 0.0170. The second kappa shape index (κ2) is 7.58. The summed E-state index contributed by atoms with van der Waals surface area (Å²) in [6.45, 7) is 1.97. The van der Waals surface area contributed by atoms with E-state index in [4.69, 9.17) is 17.3 Å². The van der Waals surface area contributed by atoms with Gasteiger partial charge in [0.05, 0.1) is 20.8 Å². The Balaban J connectivity index is 1.61. The molecular weight excluding hydrogens is 439 g/mol. The first kappa shape index (κ1) is 20.1. The summed E-state index contributed by atoms with van der Waals surface area (Å²) in [7, 11) is 0. The van der Waals surface area contributed by atoms with Gasteiger partial charge in [-0.05, 0) is 24.6 Å². The Kier molecular flexibility index (Phi) is 5.08. The fraction of sp³-hybridized carbons (Fsp3) is 0.111. The second-order valence-corrected chi connectivity index (χ2v) is 7.67. The Hall–Kier alpha value is -3.18. The van der Waals surface area contributed by atoms with Crippen LogP contribution in [0.5, 0.6) is 0 Å². The zero-order chi connectivity index (χ0) is 21.5. The standard InChI is InChI=1S/C18H13ClF3N7S/c1-8-3-2-4-11-13(8)27-17(30-11)29-16-12(23)15(25-7-26-16)28-14-10(19)5-9(6-24-14)18(20,21)22/h2-7H,23H2,1H3,(H2,24,25,26,27,28,29). The van der Waals surface area contributed by atoms with Gasteiger partial charge in [-0.25, -0.2) is 19.9 Å². The molecule has 0 spiro atoms. The lowest BCUT2D eigenvalue weighted by molar-refractivity contribution is -0.137. The van der Waals surface area contributed by atoms with Gasteiger partial charge in [-0.2, -0.15) is 13.2 Å². The van der Waals surface area contributed by atoms with E-state index in [0.717, 1.165) is 21.8 Å². The summed E-state index contributed by atoms with van der Waals surface area (Å²) in [6.07, 6.45) is -2.62. The van der Waals surface area contributed by atoms with Gasteiger partial charge in [-0.3, -0.25) is 0 Å². The van der Waals surface area contributed by atoms with E-state index < -0.39 is 11.7 Å². The number of nitrogens with one attached hydrogen (secondary N) is 2. The van der Waals surface area contributed by atoms with Gasteiger partial charge in [0.15, 0.2) is 16.8 Å². The van der Waals surface area contributed by atoms with Crippen LogP contribution in [0.2, 0.25) is 5.02 Å². The van der Waals surface area contributed by atoms with E-state index in [1.165, 1.54) is 17.7 Å². The number of halogens is 4. The van der Waals surface area contributed by atoms with Crippen molar-refractivity contribution in [2.45, 2.75) is 13.1 Å². The maximum atomic E-state index is 12.8. The molecule has 0 saturated heterocycles. The lowest BCUT2D eigenvalue weighted by Gasteiger charge is -2.13. The zero-order valence-electron chi connectivity index (χ0n) is 15.3. The van der Waals surface area contributed by atoms with E-state index in [0.29, 0.717) is 11.3 Å². The van der Waals surface area contributed by atoms with E-state index in [9.17, 15) is 13.2 Å². The van der Waals surface area contributed by atoms with Gasteiger partial charge < -0.3 is 16.4 Å². The van der Waals surface area contributed by atoms with Crippen molar-refractivity contribution in [3.63, 3.8) is 0 Å². The Morgan fingerprint density at radius 1 is 1.07 bits per heavy atom. The molecule has 7 nitrogen and oxygen atoms in total. The number of para-hydroxylation sites is 1. The first-order chi connectivity index (χ1) is 14.2. The molecule has 0 atom stereocenters. The molecule has 3 aromatic heterocycles. The van der Waals surface area contributed by atoms with Gasteiger partial charge in [0.1, 0.15) is 17.8 Å². The zero-order valence-corrected chi connectivity index (χ0v) is 16.8. The SMILES string of the molecule is Cc1cccc2sc(Nc3ncnc(Nc4ncc(C(F)(F)F)cc4Cl)c3N)nc12. The average molecular weight is 452 g/mol. The lowest BCUT2D eigenvalue weighted by atomic mass is 10.2. The lowest BCUT2D eigenvalue weighted by Crippen LogP contribution is -2.08. The van der Waals surface area contributed by atoms with E-state index >= 15 is 0 Å². The summed E-state index contributed by atoms with van der Waals surface area (Å²) < 4.78 is 39.3. The number of pyridine rings is 1. The number of thiazole rings is 1. The van der Waals surface area contributed by atoms with Gasteiger partial charge in [-0.1, -0.05) is 35.1 Å². The summed E-state index contributed by atoms with van der Waals surface area (Å²) in [5.41, 5.74) is 7.21. The molecule has 0 saturated carbocycles. The Labute approximate surface area is 177 Å². The molecule has 4 aromatic rings. The highest BCUT2D eigenvalue weighted by molar-refractivity contribution is 7.22. The van der Waals surface area contributed by atoms with Crippen LogP contribution in [0.25, 0.3) is 10.2 Å². The number of hydrogen-bond acceptors (Lipinski definition) is 8. The minimum Gasteiger partial charge on any atom is -0.393 e. The molecule has 3 heterocycles. The number of aromatic nitrogens is 4. The van der Waals surface area contributed by atoms with Crippen LogP contribution in [0, 0.1) is 6.92 Å². The highest BCUT2D eigenvalue weighted by Crippen LogP contribution is 2.35. The summed E-state index contributed by atoms with van der Waals surface area (Å²) in [6, 6.07) is 6.64. The molecule has 12 heteroatoms. The topological polar surface area (TPSA) is 102 Å². The number of nitrogens with two attached hydrogens (primary N) is 1. The van der Waals surface area contributed by atoms with E-state index in [-0.39, 0.29) is 28.2 Å². The second-order valence-electron chi connectivity index (χ2n) is 6.23. The molecular formula is C18H13ClF3N7S. The number of aryl methyl sites for hydroxylation is 1. The predicted octanol–water partition coefficient (Wildman–Crippen LogP) is 5.53. The van der Waals surface area contributed by atoms with Crippen LogP contribution in [-0.2, 0) is 6.18 Å². The number of benzene rings is 1. The maximum absolute atomic E-state index is 12.8. The van der Waals surface area contributed by atoms with Crippen LogP contribution in [-0.4, -0.2) is 19.9 Å². The molecule has 0 radical (unpaired) electrons. The first-order valence-corrected chi connectivity index (χ1v) is 9.65. The number of nitrogens with zero attached hydrogens (tertiary/aromatic N) is 4. The van der Waals surface area contributed by atoms with Crippen LogP contribution in [0.4, 0.5) is 41.4 Å². The third-order valence-corrected chi connectivity index (χ3v) is 5.36.